The fourth-order valence-electron chi connectivity index (χ4n) is 5.66. The molecule has 6 rings (SSSR count). The van der Waals surface area contributed by atoms with Gasteiger partial charge in [0.1, 0.15) is 6.07 Å². The third-order valence-electron chi connectivity index (χ3n) is 7.35. The van der Waals surface area contributed by atoms with E-state index in [1.807, 2.05) is 12.1 Å². The number of nitriles is 1. The van der Waals surface area contributed by atoms with E-state index in [0.29, 0.717) is 17.6 Å². The fraction of sp³-hybridized carbons (Fsp3) is 0.500. The first-order chi connectivity index (χ1) is 16.6. The van der Waals surface area contributed by atoms with Crippen molar-refractivity contribution in [2.24, 2.45) is 0 Å². The molecule has 0 bridgehead atoms. The van der Waals surface area contributed by atoms with Gasteiger partial charge in [-0.3, -0.25) is 14.6 Å². The lowest BCUT2D eigenvalue weighted by atomic mass is 10.0. The van der Waals surface area contributed by atoms with Gasteiger partial charge >= 0.3 is 0 Å². The van der Waals surface area contributed by atoms with E-state index in [2.05, 4.69) is 63.0 Å². The Bertz CT molecular complexity index is 1240. The van der Waals surface area contributed by atoms with E-state index >= 15 is 0 Å². The monoisotopic (exact) mass is 457 g/mol. The predicted octanol–water partition coefficient (Wildman–Crippen LogP) is 2.49. The van der Waals surface area contributed by atoms with Gasteiger partial charge in [0.25, 0.3) is 0 Å². The molecule has 2 saturated heterocycles. The number of nitrogens with one attached hydrogen (secondary N) is 1. The number of likely N-dealkylation sites (tertiary alicyclic amines) is 1. The standard InChI is InChI=1S/C26H31N7O/c1-17-8-20-12-33(30-24(20)10-29-17)21-13-31(14-21)15-22-16-32(11-18(2)34-22)25-6-5-19(9-27)26-23(25)4-3-7-28-26/h3-7,12,17-18,21-22,29H,8,10-11,13-16H2,1-2H3/t17-,18-,22+/m1/s1. The number of benzene rings is 1. The summed E-state index contributed by atoms with van der Waals surface area (Å²) >= 11 is 0. The van der Waals surface area contributed by atoms with Crippen molar-refractivity contribution >= 4 is 16.6 Å². The zero-order chi connectivity index (χ0) is 23.2. The van der Waals surface area contributed by atoms with Gasteiger partial charge in [-0.15, -0.1) is 0 Å². The molecule has 0 unspecified atom stereocenters. The molecule has 3 aromatic rings. The molecule has 0 radical (unpaired) electrons. The maximum Gasteiger partial charge on any atom is 0.101 e. The Kier molecular flexibility index (Phi) is 5.48. The molecule has 8 nitrogen and oxygen atoms in total. The molecular formula is C26H31N7O. The number of morpholine rings is 1. The van der Waals surface area contributed by atoms with E-state index in [9.17, 15) is 5.26 Å². The highest BCUT2D eigenvalue weighted by atomic mass is 16.5. The Balaban J connectivity index is 1.12. The van der Waals surface area contributed by atoms with Crippen LogP contribution in [0.1, 0.15) is 36.7 Å². The minimum atomic E-state index is 0.142. The van der Waals surface area contributed by atoms with Crippen LogP contribution in [0.3, 0.4) is 0 Å². The third kappa shape index (κ3) is 3.94. The number of hydrogen-bond acceptors (Lipinski definition) is 7. The minimum absolute atomic E-state index is 0.142. The fourth-order valence-corrected chi connectivity index (χ4v) is 5.66. The number of nitrogens with zero attached hydrogens (tertiary/aromatic N) is 6. The van der Waals surface area contributed by atoms with Gasteiger partial charge in [-0.2, -0.15) is 10.4 Å². The van der Waals surface area contributed by atoms with Crippen LogP contribution in [0.4, 0.5) is 5.69 Å². The number of rotatable bonds is 4. The molecule has 2 aromatic heterocycles. The molecule has 34 heavy (non-hydrogen) atoms. The molecule has 8 heteroatoms. The molecule has 0 amide bonds. The smallest absolute Gasteiger partial charge is 0.101 e. The van der Waals surface area contributed by atoms with Gasteiger partial charge < -0.3 is 15.0 Å². The first-order valence-electron chi connectivity index (χ1n) is 12.3. The predicted molar refractivity (Wildman–Crippen MR) is 131 cm³/mol. The molecule has 2 fully saturated rings. The molecule has 1 N–H and O–H groups in total. The van der Waals surface area contributed by atoms with E-state index < -0.39 is 0 Å². The molecule has 0 aliphatic carbocycles. The lowest BCUT2D eigenvalue weighted by molar-refractivity contribution is -0.0489. The first-order valence-corrected chi connectivity index (χ1v) is 12.3. The zero-order valence-electron chi connectivity index (χ0n) is 19.8. The van der Waals surface area contributed by atoms with Crippen LogP contribution < -0.4 is 10.2 Å². The summed E-state index contributed by atoms with van der Waals surface area (Å²) in [5.41, 5.74) is 5.13. The van der Waals surface area contributed by atoms with Crippen molar-refractivity contribution in [2.45, 2.75) is 51.1 Å². The molecule has 1 aromatic carbocycles. The van der Waals surface area contributed by atoms with Gasteiger partial charge in [0.2, 0.25) is 0 Å². The largest absolute Gasteiger partial charge is 0.370 e. The summed E-state index contributed by atoms with van der Waals surface area (Å²) in [4.78, 5) is 9.36. The second-order valence-electron chi connectivity index (χ2n) is 10.1. The highest BCUT2D eigenvalue weighted by Gasteiger charge is 2.34. The Morgan fingerprint density at radius 3 is 2.91 bits per heavy atom. The van der Waals surface area contributed by atoms with E-state index in [0.717, 1.165) is 62.3 Å². The van der Waals surface area contributed by atoms with Crippen LogP contribution in [0.2, 0.25) is 0 Å². The lowest BCUT2D eigenvalue weighted by Gasteiger charge is -2.44. The Morgan fingerprint density at radius 2 is 2.06 bits per heavy atom. The van der Waals surface area contributed by atoms with Crippen LogP contribution in [-0.4, -0.2) is 70.6 Å². The lowest BCUT2D eigenvalue weighted by Crippen LogP contribution is -2.56. The highest BCUT2D eigenvalue weighted by molar-refractivity contribution is 5.95. The quantitative estimate of drug-likeness (QED) is 0.645. The van der Waals surface area contributed by atoms with Crippen molar-refractivity contribution in [1.82, 2.24) is 25.0 Å². The summed E-state index contributed by atoms with van der Waals surface area (Å²) in [5, 5.41) is 18.9. The van der Waals surface area contributed by atoms with Crippen molar-refractivity contribution < 1.29 is 4.74 Å². The number of hydrogen-bond donors (Lipinski definition) is 1. The van der Waals surface area contributed by atoms with Gasteiger partial charge in [-0.1, -0.05) is 0 Å². The summed E-state index contributed by atoms with van der Waals surface area (Å²) in [6.45, 7) is 9.87. The molecule has 5 heterocycles. The van der Waals surface area contributed by atoms with Gasteiger partial charge in [-0.25, -0.2) is 0 Å². The van der Waals surface area contributed by atoms with Gasteiger partial charge in [0.15, 0.2) is 0 Å². The van der Waals surface area contributed by atoms with Crippen molar-refractivity contribution in [3.8, 4) is 6.07 Å². The molecule has 3 atom stereocenters. The average molecular weight is 458 g/mol. The van der Waals surface area contributed by atoms with E-state index in [1.54, 1.807) is 6.20 Å². The van der Waals surface area contributed by atoms with Crippen LogP contribution in [0, 0.1) is 11.3 Å². The van der Waals surface area contributed by atoms with E-state index in [4.69, 9.17) is 9.84 Å². The minimum Gasteiger partial charge on any atom is -0.370 e. The zero-order valence-corrected chi connectivity index (χ0v) is 19.8. The first kappa shape index (κ1) is 21.5. The highest BCUT2D eigenvalue weighted by Crippen LogP contribution is 2.31. The van der Waals surface area contributed by atoms with Crippen LogP contribution in [0.25, 0.3) is 10.9 Å². The summed E-state index contributed by atoms with van der Waals surface area (Å²) in [6.07, 6.45) is 5.37. The summed E-state index contributed by atoms with van der Waals surface area (Å²) < 4.78 is 8.53. The maximum absolute atomic E-state index is 9.48. The molecule has 0 saturated carbocycles. The summed E-state index contributed by atoms with van der Waals surface area (Å²) in [7, 11) is 0. The molecule has 0 spiro atoms. The van der Waals surface area contributed by atoms with Crippen molar-refractivity contribution in [2.75, 3.05) is 37.6 Å². The maximum atomic E-state index is 9.48. The number of pyridine rings is 1. The Hall–Kier alpha value is -2.99. The Morgan fingerprint density at radius 1 is 1.18 bits per heavy atom. The second-order valence-corrected chi connectivity index (χ2v) is 10.1. The molecule has 3 aliphatic heterocycles. The number of fused-ring (bicyclic) bond motifs is 2. The van der Waals surface area contributed by atoms with E-state index in [1.165, 1.54) is 11.3 Å². The van der Waals surface area contributed by atoms with Crippen molar-refractivity contribution in [3.05, 3.63) is 53.5 Å². The normalized spacial score (nSPS) is 25.7. The average Bonchev–Trinajstić information content (AvgIpc) is 3.22. The van der Waals surface area contributed by atoms with Crippen molar-refractivity contribution in [3.63, 3.8) is 0 Å². The second kappa shape index (κ2) is 8.66. The number of ether oxygens (including phenoxy) is 1. The number of anilines is 1. The van der Waals surface area contributed by atoms with Gasteiger partial charge in [0.05, 0.1) is 35.0 Å². The van der Waals surface area contributed by atoms with Gasteiger partial charge in [0, 0.05) is 68.8 Å². The Labute approximate surface area is 200 Å². The SMILES string of the molecule is C[C@@H]1Cc2cn(C3CN(C[C@H]4CN(c5ccc(C#N)c6ncccc56)C[C@@H](C)O4)C3)nc2CN1. The van der Waals surface area contributed by atoms with Crippen LogP contribution in [-0.2, 0) is 17.7 Å². The summed E-state index contributed by atoms with van der Waals surface area (Å²) in [6, 6.07) is 11.2. The van der Waals surface area contributed by atoms with Gasteiger partial charge in [-0.05, 0) is 50.1 Å². The molecule has 3 aliphatic rings. The summed E-state index contributed by atoms with van der Waals surface area (Å²) in [5.74, 6) is 0. The van der Waals surface area contributed by atoms with Crippen LogP contribution >= 0.6 is 0 Å². The molecular weight excluding hydrogens is 426 g/mol. The molecule has 176 valence electrons. The number of aromatic nitrogens is 3. The third-order valence-corrected chi connectivity index (χ3v) is 7.35. The van der Waals surface area contributed by atoms with Crippen LogP contribution in [0.5, 0.6) is 0 Å². The van der Waals surface area contributed by atoms with Crippen molar-refractivity contribution in [1.29, 1.82) is 5.26 Å². The van der Waals surface area contributed by atoms with Crippen LogP contribution in [0.15, 0.2) is 36.7 Å². The van der Waals surface area contributed by atoms with E-state index in [-0.39, 0.29) is 12.2 Å². The topological polar surface area (TPSA) is 82.2 Å².